The van der Waals surface area contributed by atoms with Gasteiger partial charge in [-0.25, -0.2) is 0 Å². The number of rotatable bonds is 5. The molecular weight excluding hydrogens is 172 g/mol. The zero-order valence-corrected chi connectivity index (χ0v) is 9.10. The molecule has 0 aromatic rings. The summed E-state index contributed by atoms with van der Waals surface area (Å²) in [4.78, 5) is 0. The highest BCUT2D eigenvalue weighted by molar-refractivity contribution is 5.33. The van der Waals surface area contributed by atoms with Gasteiger partial charge in [0, 0.05) is 6.42 Å². The Morgan fingerprint density at radius 2 is 2.29 bits per heavy atom. The Labute approximate surface area is 86.5 Å². The van der Waals surface area contributed by atoms with Crippen LogP contribution >= 0.6 is 0 Å². The Hall–Kier alpha value is -1.20. The summed E-state index contributed by atoms with van der Waals surface area (Å²) in [7, 11) is 0. The van der Waals surface area contributed by atoms with E-state index in [9.17, 15) is 0 Å². The molecule has 0 atom stereocenters. The molecule has 0 radical (unpaired) electrons. The Kier molecular flexibility index (Phi) is 4.28. The van der Waals surface area contributed by atoms with Crippen LogP contribution in [0, 0.1) is 0 Å². The van der Waals surface area contributed by atoms with Crippen molar-refractivity contribution in [2.24, 2.45) is 0 Å². The number of ether oxygens (including phenoxy) is 1. The zero-order chi connectivity index (χ0) is 10.4. The highest BCUT2D eigenvalue weighted by Crippen LogP contribution is 2.34. The zero-order valence-electron chi connectivity index (χ0n) is 9.10. The SMILES string of the molecule is C=C(C)C(OCCC=C=CC)=C1CC1. The molecular formula is C13H18O. The molecule has 76 valence electrons. The normalized spacial score (nSPS) is 12.9. The van der Waals surface area contributed by atoms with Gasteiger partial charge in [0.15, 0.2) is 0 Å². The van der Waals surface area contributed by atoms with Gasteiger partial charge in [-0.15, -0.1) is 5.73 Å². The van der Waals surface area contributed by atoms with E-state index in [0.29, 0.717) is 0 Å². The third-order valence-electron chi connectivity index (χ3n) is 2.00. The molecule has 0 aromatic carbocycles. The highest BCUT2D eigenvalue weighted by Gasteiger charge is 2.19. The highest BCUT2D eigenvalue weighted by atomic mass is 16.5. The minimum atomic E-state index is 0.729. The lowest BCUT2D eigenvalue weighted by molar-refractivity contribution is 0.224. The van der Waals surface area contributed by atoms with Gasteiger partial charge < -0.3 is 4.74 Å². The Bertz CT molecular complexity index is 295. The molecule has 1 nitrogen and oxygen atoms in total. The van der Waals surface area contributed by atoms with E-state index in [1.807, 2.05) is 26.0 Å². The number of hydrogen-bond donors (Lipinski definition) is 0. The van der Waals surface area contributed by atoms with E-state index < -0.39 is 0 Å². The first kappa shape index (κ1) is 10.9. The minimum Gasteiger partial charge on any atom is -0.493 e. The van der Waals surface area contributed by atoms with Gasteiger partial charge in [0.05, 0.1) is 6.61 Å². The Balaban J connectivity index is 2.33. The van der Waals surface area contributed by atoms with Crippen molar-refractivity contribution in [2.45, 2.75) is 33.1 Å². The van der Waals surface area contributed by atoms with Gasteiger partial charge in [-0.3, -0.25) is 0 Å². The standard InChI is InChI=1S/C13H18O/c1-4-5-6-7-10-14-13(11(2)3)12-8-9-12/h4,6H,2,7-10H2,1,3H3. The predicted octanol–water partition coefficient (Wildman–Crippen LogP) is 3.75. The summed E-state index contributed by atoms with van der Waals surface area (Å²) in [5, 5.41) is 0. The first-order chi connectivity index (χ1) is 6.75. The molecule has 0 unspecified atom stereocenters. The lowest BCUT2D eigenvalue weighted by atomic mass is 10.2. The molecule has 0 amide bonds. The summed E-state index contributed by atoms with van der Waals surface area (Å²) in [5.74, 6) is 1.04. The molecule has 0 saturated heterocycles. The maximum atomic E-state index is 5.67. The molecule has 0 spiro atoms. The maximum Gasteiger partial charge on any atom is 0.120 e. The van der Waals surface area contributed by atoms with Gasteiger partial charge in [-0.2, -0.15) is 0 Å². The Morgan fingerprint density at radius 3 is 2.79 bits per heavy atom. The summed E-state index contributed by atoms with van der Waals surface area (Å²) in [6.07, 6.45) is 7.18. The van der Waals surface area contributed by atoms with Crippen LogP contribution < -0.4 is 0 Å². The van der Waals surface area contributed by atoms with Crippen molar-refractivity contribution in [1.29, 1.82) is 0 Å². The van der Waals surface area contributed by atoms with Crippen molar-refractivity contribution < 1.29 is 4.74 Å². The quantitative estimate of drug-likeness (QED) is 0.364. The largest absolute Gasteiger partial charge is 0.493 e. The van der Waals surface area contributed by atoms with Gasteiger partial charge in [-0.05, 0) is 50.0 Å². The summed E-state index contributed by atoms with van der Waals surface area (Å²) < 4.78 is 5.67. The molecule has 14 heavy (non-hydrogen) atoms. The minimum absolute atomic E-state index is 0.729. The molecule has 0 heterocycles. The average molecular weight is 190 g/mol. The molecule has 0 bridgehead atoms. The first-order valence-electron chi connectivity index (χ1n) is 5.12. The fourth-order valence-corrected chi connectivity index (χ4v) is 1.24. The van der Waals surface area contributed by atoms with Crippen LogP contribution in [-0.2, 0) is 4.74 Å². The topological polar surface area (TPSA) is 9.23 Å². The summed E-state index contributed by atoms with van der Waals surface area (Å²) in [6, 6.07) is 0. The van der Waals surface area contributed by atoms with Crippen LogP contribution in [0.2, 0.25) is 0 Å². The van der Waals surface area contributed by atoms with E-state index in [-0.39, 0.29) is 0 Å². The smallest absolute Gasteiger partial charge is 0.120 e. The fourth-order valence-electron chi connectivity index (χ4n) is 1.24. The fraction of sp³-hybridized carbons (Fsp3) is 0.462. The maximum absolute atomic E-state index is 5.67. The molecule has 0 aromatic heterocycles. The van der Waals surface area contributed by atoms with Gasteiger partial charge in [0.1, 0.15) is 5.76 Å². The molecule has 1 heteroatoms. The molecule has 1 aliphatic carbocycles. The van der Waals surface area contributed by atoms with Gasteiger partial charge >= 0.3 is 0 Å². The third kappa shape index (κ3) is 3.68. The molecule has 0 N–H and O–H groups in total. The Morgan fingerprint density at radius 1 is 1.57 bits per heavy atom. The second-order valence-electron chi connectivity index (χ2n) is 3.51. The van der Waals surface area contributed by atoms with Crippen molar-refractivity contribution in [3.05, 3.63) is 41.4 Å². The van der Waals surface area contributed by atoms with E-state index >= 15 is 0 Å². The number of hydrogen-bond acceptors (Lipinski definition) is 1. The van der Waals surface area contributed by atoms with Crippen molar-refractivity contribution in [1.82, 2.24) is 0 Å². The van der Waals surface area contributed by atoms with E-state index in [0.717, 1.165) is 24.4 Å². The first-order valence-corrected chi connectivity index (χ1v) is 5.12. The van der Waals surface area contributed by atoms with Crippen molar-refractivity contribution in [2.75, 3.05) is 6.61 Å². The van der Waals surface area contributed by atoms with Crippen molar-refractivity contribution >= 4 is 0 Å². The average Bonchev–Trinajstić information content (AvgIpc) is 2.94. The van der Waals surface area contributed by atoms with Crippen LogP contribution in [0.25, 0.3) is 0 Å². The summed E-state index contributed by atoms with van der Waals surface area (Å²) in [6.45, 7) is 8.61. The monoisotopic (exact) mass is 190 g/mol. The van der Waals surface area contributed by atoms with Crippen molar-refractivity contribution in [3.8, 4) is 0 Å². The van der Waals surface area contributed by atoms with Gasteiger partial charge in [-0.1, -0.05) is 6.58 Å². The van der Waals surface area contributed by atoms with Gasteiger partial charge in [0.25, 0.3) is 0 Å². The molecule has 1 aliphatic rings. The second-order valence-corrected chi connectivity index (χ2v) is 3.51. The van der Waals surface area contributed by atoms with E-state index in [2.05, 4.69) is 12.3 Å². The second kappa shape index (κ2) is 5.51. The predicted molar refractivity (Wildman–Crippen MR) is 60.0 cm³/mol. The van der Waals surface area contributed by atoms with Gasteiger partial charge in [0.2, 0.25) is 0 Å². The van der Waals surface area contributed by atoms with Crippen LogP contribution in [-0.4, -0.2) is 6.61 Å². The molecule has 1 saturated carbocycles. The third-order valence-corrected chi connectivity index (χ3v) is 2.00. The van der Waals surface area contributed by atoms with E-state index in [4.69, 9.17) is 4.74 Å². The molecule has 1 fully saturated rings. The van der Waals surface area contributed by atoms with Crippen molar-refractivity contribution in [3.63, 3.8) is 0 Å². The van der Waals surface area contributed by atoms with Crippen LogP contribution in [0.3, 0.4) is 0 Å². The molecule has 1 rings (SSSR count). The van der Waals surface area contributed by atoms with Crippen LogP contribution in [0.5, 0.6) is 0 Å². The molecule has 0 aliphatic heterocycles. The van der Waals surface area contributed by atoms with Crippen LogP contribution in [0.4, 0.5) is 0 Å². The van der Waals surface area contributed by atoms with E-state index in [1.165, 1.54) is 18.4 Å². The van der Waals surface area contributed by atoms with E-state index in [1.54, 1.807) is 0 Å². The summed E-state index contributed by atoms with van der Waals surface area (Å²) >= 11 is 0. The lowest BCUT2D eigenvalue weighted by Gasteiger charge is -2.08. The van der Waals surface area contributed by atoms with Crippen LogP contribution in [0.1, 0.15) is 33.1 Å². The number of allylic oxidation sites excluding steroid dienone is 2. The summed E-state index contributed by atoms with van der Waals surface area (Å²) in [5.41, 5.74) is 5.50. The lowest BCUT2D eigenvalue weighted by Crippen LogP contribution is -1.95. The van der Waals surface area contributed by atoms with Crippen LogP contribution in [0.15, 0.2) is 41.4 Å².